The number of aromatic nitrogens is 1. The second kappa shape index (κ2) is 6.58. The molecule has 1 heterocycles. The molecule has 6 heteroatoms. The van der Waals surface area contributed by atoms with Crippen LogP contribution in [0.4, 0.5) is 5.82 Å². The van der Waals surface area contributed by atoms with E-state index in [0.717, 1.165) is 6.42 Å². The fraction of sp³-hybridized carbons (Fsp3) is 0.417. The molecule has 1 atom stereocenters. The van der Waals surface area contributed by atoms with Crippen molar-refractivity contribution in [2.24, 2.45) is 0 Å². The maximum Gasteiger partial charge on any atom is 0.325 e. The number of carbonyl (C=O) groups is 2. The monoisotopic (exact) mass is 251 g/mol. The van der Waals surface area contributed by atoms with E-state index in [9.17, 15) is 9.59 Å². The molecular weight excluding hydrogens is 234 g/mol. The van der Waals surface area contributed by atoms with Crippen LogP contribution in [0.15, 0.2) is 18.3 Å². The van der Waals surface area contributed by atoms with Crippen LogP contribution in [0, 0.1) is 0 Å². The third-order valence-corrected chi connectivity index (χ3v) is 2.30. The molecule has 1 rings (SSSR count). The van der Waals surface area contributed by atoms with E-state index in [4.69, 9.17) is 5.11 Å². The van der Waals surface area contributed by atoms with Crippen molar-refractivity contribution in [1.82, 2.24) is 10.3 Å². The minimum absolute atomic E-state index is 0.179. The maximum absolute atomic E-state index is 11.6. The molecule has 3 N–H and O–H groups in total. The van der Waals surface area contributed by atoms with Crippen molar-refractivity contribution in [1.29, 1.82) is 0 Å². The summed E-state index contributed by atoms with van der Waals surface area (Å²) in [4.78, 5) is 26.2. The van der Waals surface area contributed by atoms with Gasteiger partial charge in [-0.1, -0.05) is 6.92 Å². The van der Waals surface area contributed by atoms with E-state index < -0.39 is 12.0 Å². The number of carboxylic acids is 1. The second-order valence-corrected chi connectivity index (χ2v) is 3.89. The molecule has 1 aromatic rings. The summed E-state index contributed by atoms with van der Waals surface area (Å²) in [6, 6.07) is 2.46. The van der Waals surface area contributed by atoms with Gasteiger partial charge in [0, 0.05) is 12.7 Å². The minimum Gasteiger partial charge on any atom is -0.480 e. The van der Waals surface area contributed by atoms with Gasteiger partial charge in [-0.3, -0.25) is 9.59 Å². The molecule has 1 aromatic heterocycles. The topological polar surface area (TPSA) is 91.3 Å². The highest BCUT2D eigenvalue weighted by atomic mass is 16.4. The lowest BCUT2D eigenvalue weighted by Gasteiger charge is -2.10. The number of pyridine rings is 1. The molecule has 0 saturated heterocycles. The molecule has 0 aromatic carbocycles. The third kappa shape index (κ3) is 4.04. The fourth-order valence-electron chi connectivity index (χ4n) is 1.24. The van der Waals surface area contributed by atoms with E-state index in [1.54, 1.807) is 12.1 Å². The number of carbonyl (C=O) groups excluding carboxylic acids is 1. The Morgan fingerprint density at radius 3 is 2.67 bits per heavy atom. The first-order chi connectivity index (χ1) is 8.54. The number of nitrogens with zero attached hydrogens (tertiary/aromatic N) is 1. The van der Waals surface area contributed by atoms with Gasteiger partial charge >= 0.3 is 5.97 Å². The van der Waals surface area contributed by atoms with Gasteiger partial charge in [-0.15, -0.1) is 0 Å². The number of hydrogen-bond acceptors (Lipinski definition) is 4. The van der Waals surface area contributed by atoms with Gasteiger partial charge in [0.1, 0.15) is 11.9 Å². The quantitative estimate of drug-likeness (QED) is 0.704. The predicted molar refractivity (Wildman–Crippen MR) is 67.6 cm³/mol. The van der Waals surface area contributed by atoms with Crippen molar-refractivity contribution in [3.8, 4) is 0 Å². The highest BCUT2D eigenvalue weighted by Crippen LogP contribution is 2.06. The van der Waals surface area contributed by atoms with Crippen molar-refractivity contribution in [2.75, 3.05) is 11.9 Å². The van der Waals surface area contributed by atoms with Crippen molar-refractivity contribution >= 4 is 17.7 Å². The first kappa shape index (κ1) is 14.0. The lowest BCUT2D eigenvalue weighted by Crippen LogP contribution is -2.26. The summed E-state index contributed by atoms with van der Waals surface area (Å²) in [7, 11) is 0. The van der Waals surface area contributed by atoms with Crippen LogP contribution in [-0.2, 0) is 4.79 Å². The Balaban J connectivity index is 2.62. The molecule has 0 aliphatic carbocycles. The molecule has 1 amide bonds. The Kier molecular flexibility index (Phi) is 5.10. The van der Waals surface area contributed by atoms with Crippen LogP contribution in [-0.4, -0.2) is 34.6 Å². The largest absolute Gasteiger partial charge is 0.480 e. The summed E-state index contributed by atoms with van der Waals surface area (Å²) in [5, 5.41) is 14.2. The SMILES string of the molecule is CCCNC(=O)c1ccc(N[C@@H](C)C(=O)O)nc1. The number of anilines is 1. The lowest BCUT2D eigenvalue weighted by atomic mass is 10.2. The molecule has 0 bridgehead atoms. The molecular formula is C12H17N3O3. The van der Waals surface area contributed by atoms with E-state index in [2.05, 4.69) is 15.6 Å². The van der Waals surface area contributed by atoms with Crippen molar-refractivity contribution in [3.63, 3.8) is 0 Å². The summed E-state index contributed by atoms with van der Waals surface area (Å²) >= 11 is 0. The normalized spacial score (nSPS) is 11.7. The molecule has 98 valence electrons. The average Bonchev–Trinajstić information content (AvgIpc) is 2.36. The van der Waals surface area contributed by atoms with E-state index in [1.165, 1.54) is 13.1 Å². The molecule has 0 fully saturated rings. The number of nitrogens with one attached hydrogen (secondary N) is 2. The zero-order chi connectivity index (χ0) is 13.5. The lowest BCUT2D eigenvalue weighted by molar-refractivity contribution is -0.137. The van der Waals surface area contributed by atoms with Crippen LogP contribution in [0.2, 0.25) is 0 Å². The van der Waals surface area contributed by atoms with Crippen LogP contribution >= 0.6 is 0 Å². The van der Waals surface area contributed by atoms with E-state index >= 15 is 0 Å². The van der Waals surface area contributed by atoms with E-state index in [1.807, 2.05) is 6.92 Å². The number of rotatable bonds is 6. The number of hydrogen-bond donors (Lipinski definition) is 3. The molecule has 0 spiro atoms. The van der Waals surface area contributed by atoms with Crippen LogP contribution in [0.25, 0.3) is 0 Å². The number of carboxylic acid groups (broad SMARTS) is 1. The van der Waals surface area contributed by atoms with Gasteiger partial charge in [0.15, 0.2) is 0 Å². The summed E-state index contributed by atoms with van der Waals surface area (Å²) in [6.45, 7) is 4.11. The van der Waals surface area contributed by atoms with Crippen LogP contribution in [0.3, 0.4) is 0 Å². The van der Waals surface area contributed by atoms with Crippen LogP contribution < -0.4 is 10.6 Å². The summed E-state index contributed by atoms with van der Waals surface area (Å²) in [5.74, 6) is -0.708. The van der Waals surface area contributed by atoms with Crippen molar-refractivity contribution < 1.29 is 14.7 Å². The Hall–Kier alpha value is -2.11. The van der Waals surface area contributed by atoms with E-state index in [0.29, 0.717) is 17.9 Å². The smallest absolute Gasteiger partial charge is 0.325 e. The van der Waals surface area contributed by atoms with Gasteiger partial charge in [-0.05, 0) is 25.5 Å². The van der Waals surface area contributed by atoms with Gasteiger partial charge in [0.05, 0.1) is 5.56 Å². The molecule has 0 aliphatic rings. The Morgan fingerprint density at radius 1 is 1.44 bits per heavy atom. The molecule has 6 nitrogen and oxygen atoms in total. The number of aliphatic carboxylic acids is 1. The first-order valence-electron chi connectivity index (χ1n) is 5.78. The Bertz CT molecular complexity index is 417. The average molecular weight is 251 g/mol. The highest BCUT2D eigenvalue weighted by molar-refractivity contribution is 5.94. The molecule has 0 unspecified atom stereocenters. The Labute approximate surface area is 105 Å². The van der Waals surface area contributed by atoms with Crippen LogP contribution in [0.1, 0.15) is 30.6 Å². The third-order valence-electron chi connectivity index (χ3n) is 2.30. The molecule has 18 heavy (non-hydrogen) atoms. The van der Waals surface area contributed by atoms with Crippen molar-refractivity contribution in [3.05, 3.63) is 23.9 Å². The molecule has 0 saturated carbocycles. The van der Waals surface area contributed by atoms with Gasteiger partial charge in [0.2, 0.25) is 0 Å². The van der Waals surface area contributed by atoms with Crippen molar-refractivity contribution in [2.45, 2.75) is 26.3 Å². The molecule has 0 aliphatic heterocycles. The standard InChI is InChI=1S/C12H17N3O3/c1-3-6-13-11(16)9-4-5-10(14-7-9)15-8(2)12(17)18/h4-5,7-8H,3,6H2,1-2H3,(H,13,16)(H,14,15)(H,17,18)/t8-/m0/s1. The zero-order valence-corrected chi connectivity index (χ0v) is 10.4. The highest BCUT2D eigenvalue weighted by Gasteiger charge is 2.11. The molecule has 0 radical (unpaired) electrons. The predicted octanol–water partition coefficient (Wildman–Crippen LogP) is 1.11. The second-order valence-electron chi connectivity index (χ2n) is 3.89. The van der Waals surface area contributed by atoms with E-state index in [-0.39, 0.29) is 5.91 Å². The minimum atomic E-state index is -0.957. The van der Waals surface area contributed by atoms with Crippen LogP contribution in [0.5, 0.6) is 0 Å². The Morgan fingerprint density at radius 2 is 2.17 bits per heavy atom. The van der Waals surface area contributed by atoms with Gasteiger partial charge in [0.25, 0.3) is 5.91 Å². The van der Waals surface area contributed by atoms with Gasteiger partial charge in [-0.25, -0.2) is 4.98 Å². The van der Waals surface area contributed by atoms with Gasteiger partial charge < -0.3 is 15.7 Å². The fourth-order valence-corrected chi connectivity index (χ4v) is 1.24. The summed E-state index contributed by atoms with van der Waals surface area (Å²) in [5.41, 5.74) is 0.456. The summed E-state index contributed by atoms with van der Waals surface area (Å²) < 4.78 is 0. The first-order valence-corrected chi connectivity index (χ1v) is 5.78. The van der Waals surface area contributed by atoms with Gasteiger partial charge in [-0.2, -0.15) is 0 Å². The number of amides is 1. The zero-order valence-electron chi connectivity index (χ0n) is 10.4. The maximum atomic E-state index is 11.6. The summed E-state index contributed by atoms with van der Waals surface area (Å²) in [6.07, 6.45) is 2.29.